The van der Waals surface area contributed by atoms with Crippen molar-refractivity contribution in [1.82, 2.24) is 5.32 Å². The van der Waals surface area contributed by atoms with E-state index >= 15 is 0 Å². The Hall–Kier alpha value is -0.900. The summed E-state index contributed by atoms with van der Waals surface area (Å²) in [6.07, 6.45) is 2.28. The Kier molecular flexibility index (Phi) is 7.63. The normalized spacial score (nSPS) is 10.7. The summed E-state index contributed by atoms with van der Waals surface area (Å²) in [5, 5.41) is 3.43. The molecule has 96 valence electrons. The average molecular weight is 237 g/mol. The van der Waals surface area contributed by atoms with Crippen LogP contribution >= 0.6 is 0 Å². The van der Waals surface area contributed by atoms with Crippen LogP contribution in [0, 0.1) is 0 Å². The number of hydrogen-bond donors (Lipinski definition) is 1. The predicted molar refractivity (Wildman–Crippen MR) is 70.0 cm³/mol. The Balaban J connectivity index is 2.14. The van der Waals surface area contributed by atoms with Gasteiger partial charge in [0.1, 0.15) is 0 Å². The van der Waals surface area contributed by atoms with Gasteiger partial charge in [0.15, 0.2) is 0 Å². The van der Waals surface area contributed by atoms with E-state index in [1.807, 2.05) is 0 Å². The lowest BCUT2D eigenvalue weighted by Gasteiger charge is -2.06. The SMILES string of the molecule is COCCCCNCc1ccc(COC)cc1. The van der Waals surface area contributed by atoms with Crippen molar-refractivity contribution in [2.45, 2.75) is 26.0 Å². The van der Waals surface area contributed by atoms with Gasteiger partial charge in [-0.1, -0.05) is 24.3 Å². The van der Waals surface area contributed by atoms with Crippen molar-refractivity contribution in [3.63, 3.8) is 0 Å². The second-order valence-electron chi connectivity index (χ2n) is 4.13. The average Bonchev–Trinajstić information content (AvgIpc) is 2.36. The maximum Gasteiger partial charge on any atom is 0.0713 e. The van der Waals surface area contributed by atoms with Gasteiger partial charge in [-0.15, -0.1) is 0 Å². The number of unbranched alkanes of at least 4 members (excludes halogenated alkanes) is 1. The van der Waals surface area contributed by atoms with Crippen LogP contribution in [0.4, 0.5) is 0 Å². The number of hydrogen-bond acceptors (Lipinski definition) is 3. The summed E-state index contributed by atoms with van der Waals surface area (Å²) < 4.78 is 10.1. The number of methoxy groups -OCH3 is 2. The van der Waals surface area contributed by atoms with E-state index in [0.29, 0.717) is 6.61 Å². The van der Waals surface area contributed by atoms with Crippen molar-refractivity contribution in [1.29, 1.82) is 0 Å². The molecule has 1 N–H and O–H groups in total. The summed E-state index contributed by atoms with van der Waals surface area (Å²) in [5.74, 6) is 0. The van der Waals surface area contributed by atoms with Crippen molar-refractivity contribution >= 4 is 0 Å². The maximum atomic E-state index is 5.08. The highest BCUT2D eigenvalue weighted by molar-refractivity contribution is 5.21. The highest BCUT2D eigenvalue weighted by atomic mass is 16.5. The summed E-state index contributed by atoms with van der Waals surface area (Å²) in [4.78, 5) is 0. The molecule has 0 fully saturated rings. The van der Waals surface area contributed by atoms with Crippen LogP contribution in [0.15, 0.2) is 24.3 Å². The fourth-order valence-corrected chi connectivity index (χ4v) is 1.65. The van der Waals surface area contributed by atoms with Gasteiger partial charge in [-0.05, 0) is 30.5 Å². The number of benzene rings is 1. The lowest BCUT2D eigenvalue weighted by molar-refractivity contribution is 0.185. The molecule has 0 unspecified atom stereocenters. The molecule has 0 saturated carbocycles. The molecule has 0 amide bonds. The van der Waals surface area contributed by atoms with E-state index in [-0.39, 0.29) is 0 Å². The maximum absolute atomic E-state index is 5.08. The lowest BCUT2D eigenvalue weighted by atomic mass is 10.1. The van der Waals surface area contributed by atoms with Gasteiger partial charge in [0.25, 0.3) is 0 Å². The fraction of sp³-hybridized carbons (Fsp3) is 0.571. The van der Waals surface area contributed by atoms with Crippen LogP contribution in [0.1, 0.15) is 24.0 Å². The minimum Gasteiger partial charge on any atom is -0.385 e. The summed E-state index contributed by atoms with van der Waals surface area (Å²) in [6, 6.07) is 8.53. The van der Waals surface area contributed by atoms with E-state index in [1.54, 1.807) is 14.2 Å². The van der Waals surface area contributed by atoms with Crippen molar-refractivity contribution in [2.75, 3.05) is 27.4 Å². The molecule has 3 heteroatoms. The van der Waals surface area contributed by atoms with E-state index in [4.69, 9.17) is 9.47 Å². The van der Waals surface area contributed by atoms with Gasteiger partial charge in [-0.2, -0.15) is 0 Å². The zero-order valence-electron chi connectivity index (χ0n) is 10.9. The molecule has 0 bridgehead atoms. The van der Waals surface area contributed by atoms with Crippen LogP contribution in [-0.4, -0.2) is 27.4 Å². The molecule has 0 aromatic heterocycles. The molecule has 0 heterocycles. The Morgan fingerprint density at radius 1 is 0.941 bits per heavy atom. The van der Waals surface area contributed by atoms with E-state index in [1.165, 1.54) is 11.1 Å². The third-order valence-corrected chi connectivity index (χ3v) is 2.62. The van der Waals surface area contributed by atoms with Gasteiger partial charge < -0.3 is 14.8 Å². The number of nitrogens with one attached hydrogen (secondary N) is 1. The van der Waals surface area contributed by atoms with Gasteiger partial charge in [-0.3, -0.25) is 0 Å². The van der Waals surface area contributed by atoms with Crippen LogP contribution in [0.5, 0.6) is 0 Å². The molecule has 17 heavy (non-hydrogen) atoms. The van der Waals surface area contributed by atoms with E-state index < -0.39 is 0 Å². The van der Waals surface area contributed by atoms with Crippen molar-refractivity contribution in [3.05, 3.63) is 35.4 Å². The van der Waals surface area contributed by atoms with Gasteiger partial charge in [0.05, 0.1) is 6.61 Å². The smallest absolute Gasteiger partial charge is 0.0713 e. The monoisotopic (exact) mass is 237 g/mol. The molecule has 0 aliphatic carbocycles. The summed E-state index contributed by atoms with van der Waals surface area (Å²) in [7, 11) is 3.46. The minimum atomic E-state index is 0.685. The first-order valence-corrected chi connectivity index (χ1v) is 6.13. The first-order chi connectivity index (χ1) is 8.36. The second kappa shape index (κ2) is 9.16. The molecular formula is C14H23NO2. The fourth-order valence-electron chi connectivity index (χ4n) is 1.65. The lowest BCUT2D eigenvalue weighted by Crippen LogP contribution is -2.15. The number of rotatable bonds is 9. The Morgan fingerprint density at radius 2 is 1.65 bits per heavy atom. The van der Waals surface area contributed by atoms with Crippen LogP contribution in [0.25, 0.3) is 0 Å². The first-order valence-electron chi connectivity index (χ1n) is 6.13. The molecule has 0 aliphatic rings. The van der Waals surface area contributed by atoms with Gasteiger partial charge in [0.2, 0.25) is 0 Å². The molecule has 1 rings (SSSR count). The van der Waals surface area contributed by atoms with E-state index in [0.717, 1.165) is 32.5 Å². The van der Waals surface area contributed by atoms with E-state index in [2.05, 4.69) is 29.6 Å². The topological polar surface area (TPSA) is 30.5 Å². The summed E-state index contributed by atoms with van der Waals surface area (Å²) in [5.41, 5.74) is 2.54. The van der Waals surface area contributed by atoms with Crippen LogP contribution < -0.4 is 5.32 Å². The largest absolute Gasteiger partial charge is 0.385 e. The van der Waals surface area contributed by atoms with Crippen molar-refractivity contribution in [2.24, 2.45) is 0 Å². The molecular weight excluding hydrogens is 214 g/mol. The van der Waals surface area contributed by atoms with Gasteiger partial charge in [0, 0.05) is 27.4 Å². The van der Waals surface area contributed by atoms with Crippen LogP contribution in [0.2, 0.25) is 0 Å². The molecule has 0 saturated heterocycles. The predicted octanol–water partition coefficient (Wildman–Crippen LogP) is 2.35. The Bertz CT molecular complexity index is 285. The second-order valence-corrected chi connectivity index (χ2v) is 4.13. The molecule has 3 nitrogen and oxygen atoms in total. The molecule has 0 spiro atoms. The zero-order valence-corrected chi connectivity index (χ0v) is 10.9. The van der Waals surface area contributed by atoms with Crippen molar-refractivity contribution < 1.29 is 9.47 Å². The molecule has 0 atom stereocenters. The Morgan fingerprint density at radius 3 is 2.29 bits per heavy atom. The third-order valence-electron chi connectivity index (χ3n) is 2.62. The van der Waals surface area contributed by atoms with Crippen LogP contribution in [-0.2, 0) is 22.6 Å². The van der Waals surface area contributed by atoms with Gasteiger partial charge in [-0.25, -0.2) is 0 Å². The Labute approximate surface area is 104 Å². The molecule has 1 aromatic rings. The van der Waals surface area contributed by atoms with Crippen molar-refractivity contribution in [3.8, 4) is 0 Å². The van der Waals surface area contributed by atoms with Crippen LogP contribution in [0.3, 0.4) is 0 Å². The highest BCUT2D eigenvalue weighted by Gasteiger charge is 1.94. The molecule has 1 aromatic carbocycles. The van der Waals surface area contributed by atoms with E-state index in [9.17, 15) is 0 Å². The quantitative estimate of drug-likeness (QED) is 0.669. The third kappa shape index (κ3) is 6.41. The number of ether oxygens (including phenoxy) is 2. The summed E-state index contributed by atoms with van der Waals surface area (Å²) in [6.45, 7) is 3.52. The highest BCUT2D eigenvalue weighted by Crippen LogP contribution is 2.05. The van der Waals surface area contributed by atoms with Gasteiger partial charge >= 0.3 is 0 Å². The minimum absolute atomic E-state index is 0.685. The first kappa shape index (κ1) is 14.2. The zero-order chi connectivity index (χ0) is 12.3. The summed E-state index contributed by atoms with van der Waals surface area (Å²) >= 11 is 0. The molecule has 0 aliphatic heterocycles. The standard InChI is InChI=1S/C14H23NO2/c1-16-10-4-3-9-15-11-13-5-7-14(8-6-13)12-17-2/h5-8,15H,3-4,9-12H2,1-2H3. The molecule has 0 radical (unpaired) electrons.